The van der Waals surface area contributed by atoms with Gasteiger partial charge in [-0.2, -0.15) is 4.99 Å². The monoisotopic (exact) mass is 401 g/mol. The molecule has 1 aliphatic rings. The summed E-state index contributed by atoms with van der Waals surface area (Å²) in [6.45, 7) is -0.374. The van der Waals surface area contributed by atoms with Gasteiger partial charge in [0, 0.05) is 12.4 Å². The van der Waals surface area contributed by atoms with E-state index >= 15 is 0 Å². The van der Waals surface area contributed by atoms with Crippen LogP contribution < -0.4 is 4.80 Å². The van der Waals surface area contributed by atoms with Crippen LogP contribution in [0, 0.1) is 0 Å². The summed E-state index contributed by atoms with van der Waals surface area (Å²) in [5.41, 5.74) is 1.62. The van der Waals surface area contributed by atoms with E-state index < -0.39 is 17.7 Å². The molecule has 0 radical (unpaired) electrons. The highest BCUT2D eigenvalue weighted by atomic mass is 32.1. The molecular weight excluding hydrogens is 386 g/mol. The van der Waals surface area contributed by atoms with Crippen molar-refractivity contribution in [3.63, 3.8) is 0 Å². The van der Waals surface area contributed by atoms with Crippen LogP contribution in [0.4, 0.5) is 0 Å². The first-order chi connectivity index (χ1) is 14.0. The molecule has 0 atom stereocenters. The molecule has 2 heterocycles. The quantitative estimate of drug-likeness (QED) is 0.485. The van der Waals surface area contributed by atoms with E-state index in [2.05, 4.69) is 4.99 Å². The molecule has 5 rings (SSSR count). The molecular formula is C22H15N3O3S. The van der Waals surface area contributed by atoms with Crippen LogP contribution in [0.25, 0.3) is 21.0 Å². The van der Waals surface area contributed by atoms with Crippen molar-refractivity contribution in [3.8, 4) is 0 Å². The largest absolute Gasteiger partial charge is 0.319 e. The van der Waals surface area contributed by atoms with Crippen molar-refractivity contribution < 1.29 is 14.4 Å². The number of aryl methyl sites for hydroxylation is 1. The summed E-state index contributed by atoms with van der Waals surface area (Å²) in [6.07, 6.45) is 0. The van der Waals surface area contributed by atoms with Gasteiger partial charge in [0.15, 0.2) is 4.80 Å². The number of imide groups is 1. The van der Waals surface area contributed by atoms with Crippen molar-refractivity contribution in [2.45, 2.75) is 0 Å². The Morgan fingerprint density at radius 3 is 2.31 bits per heavy atom. The fourth-order valence-electron chi connectivity index (χ4n) is 3.62. The highest BCUT2D eigenvalue weighted by Crippen LogP contribution is 2.27. The van der Waals surface area contributed by atoms with Crippen LogP contribution in [0.3, 0.4) is 0 Å². The molecule has 1 aromatic heterocycles. The topological polar surface area (TPSA) is 71.7 Å². The number of benzene rings is 3. The van der Waals surface area contributed by atoms with Crippen LogP contribution in [0.15, 0.2) is 65.7 Å². The van der Waals surface area contributed by atoms with Gasteiger partial charge in [0.1, 0.15) is 6.54 Å². The summed E-state index contributed by atoms with van der Waals surface area (Å²) >= 11 is 1.42. The van der Waals surface area contributed by atoms with Crippen molar-refractivity contribution in [1.82, 2.24) is 9.47 Å². The van der Waals surface area contributed by atoms with Crippen molar-refractivity contribution in [2.24, 2.45) is 12.0 Å². The Hall–Kier alpha value is -3.58. The predicted octanol–water partition coefficient (Wildman–Crippen LogP) is 3.12. The molecule has 0 aliphatic carbocycles. The normalized spacial score (nSPS) is 14.2. The van der Waals surface area contributed by atoms with Gasteiger partial charge in [-0.25, -0.2) is 0 Å². The van der Waals surface area contributed by atoms with E-state index in [9.17, 15) is 14.4 Å². The number of nitrogens with zero attached hydrogens (tertiary/aromatic N) is 3. The maximum atomic E-state index is 12.6. The van der Waals surface area contributed by atoms with E-state index in [1.54, 1.807) is 24.3 Å². The number of rotatable bonds is 2. The summed E-state index contributed by atoms with van der Waals surface area (Å²) in [7, 11) is 1.85. The lowest BCUT2D eigenvalue weighted by Crippen LogP contribution is -2.35. The van der Waals surface area contributed by atoms with Crippen LogP contribution in [-0.2, 0) is 11.8 Å². The van der Waals surface area contributed by atoms with Gasteiger partial charge in [0.25, 0.3) is 17.7 Å². The van der Waals surface area contributed by atoms with Gasteiger partial charge in [-0.1, -0.05) is 53.8 Å². The van der Waals surface area contributed by atoms with Gasteiger partial charge in [-0.05, 0) is 23.6 Å². The van der Waals surface area contributed by atoms with Gasteiger partial charge < -0.3 is 4.57 Å². The average molecular weight is 401 g/mol. The van der Waals surface area contributed by atoms with E-state index in [-0.39, 0.29) is 6.54 Å². The number of fused-ring (bicyclic) bond motifs is 4. The Kier molecular flexibility index (Phi) is 3.92. The molecule has 29 heavy (non-hydrogen) atoms. The van der Waals surface area contributed by atoms with Gasteiger partial charge in [0.05, 0.1) is 21.3 Å². The Morgan fingerprint density at radius 2 is 1.59 bits per heavy atom. The zero-order valence-electron chi connectivity index (χ0n) is 15.5. The third kappa shape index (κ3) is 2.70. The smallest absolute Gasteiger partial charge is 0.268 e. The standard InChI is InChI=1S/C22H15N3O3S/c1-24-17-11-10-13-6-2-3-7-14(13)19(17)29-22(24)23-18(26)12-25-20(27)15-8-4-5-9-16(15)21(25)28/h2-11H,12H2,1H3. The molecule has 4 aromatic rings. The SMILES string of the molecule is Cn1c(=NC(=O)CN2C(=O)c3ccccc3C2=O)sc2c3ccccc3ccc21. The number of thiazole rings is 1. The first-order valence-corrected chi connectivity index (χ1v) is 9.86. The Balaban J connectivity index is 1.51. The van der Waals surface area contributed by atoms with Crippen LogP contribution in [0.5, 0.6) is 0 Å². The summed E-state index contributed by atoms with van der Waals surface area (Å²) in [5.74, 6) is -1.45. The van der Waals surface area contributed by atoms with Crippen molar-refractivity contribution in [2.75, 3.05) is 6.54 Å². The van der Waals surface area contributed by atoms with Crippen LogP contribution >= 0.6 is 11.3 Å². The maximum absolute atomic E-state index is 12.6. The van der Waals surface area contributed by atoms with Gasteiger partial charge in [0.2, 0.25) is 0 Å². The third-order valence-corrected chi connectivity index (χ3v) is 6.27. The molecule has 1 aliphatic heterocycles. The van der Waals surface area contributed by atoms with Crippen LogP contribution in [0.1, 0.15) is 20.7 Å². The van der Waals surface area contributed by atoms with E-state index in [1.165, 1.54) is 11.3 Å². The fourth-order valence-corrected chi connectivity index (χ4v) is 4.79. The Labute approximate surface area is 169 Å². The van der Waals surface area contributed by atoms with Gasteiger partial charge in [-0.15, -0.1) is 0 Å². The molecule has 3 amide bonds. The lowest BCUT2D eigenvalue weighted by Gasteiger charge is -2.10. The van der Waals surface area contributed by atoms with Crippen molar-refractivity contribution >= 4 is 50.0 Å². The molecule has 0 unspecified atom stereocenters. The van der Waals surface area contributed by atoms with E-state index in [0.29, 0.717) is 15.9 Å². The molecule has 6 nitrogen and oxygen atoms in total. The molecule has 142 valence electrons. The summed E-state index contributed by atoms with van der Waals surface area (Å²) in [6, 6.07) is 18.7. The van der Waals surface area contributed by atoms with E-state index in [0.717, 1.165) is 25.9 Å². The lowest BCUT2D eigenvalue weighted by atomic mass is 10.1. The minimum absolute atomic E-state index is 0.323. The van der Waals surface area contributed by atoms with E-state index in [4.69, 9.17) is 0 Å². The minimum atomic E-state index is -0.536. The molecule has 0 saturated carbocycles. The third-order valence-electron chi connectivity index (χ3n) is 5.09. The number of carbonyl (C=O) groups excluding carboxylic acids is 3. The lowest BCUT2D eigenvalue weighted by molar-refractivity contribution is -0.118. The molecule has 3 aromatic carbocycles. The second-order valence-electron chi connectivity index (χ2n) is 6.83. The molecule has 7 heteroatoms. The summed E-state index contributed by atoms with van der Waals surface area (Å²) in [4.78, 5) is 43.2. The molecule has 0 bridgehead atoms. The number of amides is 3. The zero-order chi connectivity index (χ0) is 20.1. The molecule has 0 fully saturated rings. The molecule has 0 saturated heterocycles. The maximum Gasteiger partial charge on any atom is 0.268 e. The first-order valence-electron chi connectivity index (χ1n) is 9.04. The Bertz CT molecular complexity index is 1380. The molecule has 0 N–H and O–H groups in total. The first kappa shape index (κ1) is 17.5. The van der Waals surface area contributed by atoms with Crippen LogP contribution in [-0.4, -0.2) is 33.7 Å². The number of hydrogen-bond donors (Lipinski definition) is 0. The highest BCUT2D eigenvalue weighted by molar-refractivity contribution is 7.17. The zero-order valence-corrected chi connectivity index (χ0v) is 16.3. The molecule has 0 spiro atoms. The van der Waals surface area contributed by atoms with Crippen molar-refractivity contribution in [1.29, 1.82) is 0 Å². The van der Waals surface area contributed by atoms with Gasteiger partial charge >= 0.3 is 0 Å². The number of hydrogen-bond acceptors (Lipinski definition) is 4. The number of carbonyl (C=O) groups is 3. The van der Waals surface area contributed by atoms with Gasteiger partial charge in [-0.3, -0.25) is 19.3 Å². The highest BCUT2D eigenvalue weighted by Gasteiger charge is 2.36. The predicted molar refractivity (Wildman–Crippen MR) is 111 cm³/mol. The summed E-state index contributed by atoms with van der Waals surface area (Å²) < 4.78 is 2.89. The van der Waals surface area contributed by atoms with Crippen LogP contribution in [0.2, 0.25) is 0 Å². The number of aromatic nitrogens is 1. The van der Waals surface area contributed by atoms with E-state index in [1.807, 2.05) is 48.0 Å². The fraction of sp³-hybridized carbons (Fsp3) is 0.0909. The minimum Gasteiger partial charge on any atom is -0.319 e. The second-order valence-corrected chi connectivity index (χ2v) is 7.80. The second kappa shape index (κ2) is 6.49. The Morgan fingerprint density at radius 1 is 0.931 bits per heavy atom. The average Bonchev–Trinajstić information content (AvgIpc) is 3.18. The summed E-state index contributed by atoms with van der Waals surface area (Å²) in [5, 5.41) is 2.21. The van der Waals surface area contributed by atoms with Crippen molar-refractivity contribution in [3.05, 3.63) is 76.6 Å².